The van der Waals surface area contributed by atoms with Gasteiger partial charge in [0.05, 0.1) is 5.97 Å². The number of carboxylic acid groups (broad SMARTS) is 1. The van der Waals surface area contributed by atoms with Crippen molar-refractivity contribution in [2.75, 3.05) is 20.1 Å². The predicted octanol–water partition coefficient (Wildman–Crippen LogP) is 4.06. The number of likely N-dealkylation sites (tertiary alicyclic amines) is 1. The average molecular weight is 455 g/mol. The lowest BCUT2D eigenvalue weighted by molar-refractivity contribution is -0.255. The van der Waals surface area contributed by atoms with E-state index in [9.17, 15) is 14.7 Å². The number of amides is 1. The number of rotatable bonds is 7. The molecule has 8 heteroatoms. The third-order valence-corrected chi connectivity index (χ3v) is 7.10. The lowest BCUT2D eigenvalue weighted by Gasteiger charge is -2.13. The topological polar surface area (TPSA) is 72.8 Å². The Morgan fingerprint density at radius 2 is 1.97 bits per heavy atom. The first-order chi connectivity index (χ1) is 13.7. The first-order valence-corrected chi connectivity index (χ1v) is 13.0. The lowest BCUT2D eigenvalue weighted by atomic mass is 10.0. The zero-order valence-electron chi connectivity index (χ0n) is 17.7. The van der Waals surface area contributed by atoms with Crippen molar-refractivity contribution < 1.29 is 14.7 Å². The molecule has 0 N–H and O–H groups in total. The molecular formula is C21H34N2O3P3-. The van der Waals surface area contributed by atoms with Crippen LogP contribution in [-0.2, 0) is 4.79 Å². The summed E-state index contributed by atoms with van der Waals surface area (Å²) in [6, 6.07) is 6.78. The summed E-state index contributed by atoms with van der Waals surface area (Å²) in [4.78, 5) is 27.3. The molecule has 0 radical (unpaired) electrons. The minimum absolute atomic E-state index is 0.236. The van der Waals surface area contributed by atoms with Gasteiger partial charge in [0.1, 0.15) is 0 Å². The third kappa shape index (κ3) is 13.7. The van der Waals surface area contributed by atoms with E-state index in [4.69, 9.17) is 0 Å². The average Bonchev–Trinajstić information content (AvgIpc) is 3.11. The second kappa shape index (κ2) is 16.6. The van der Waals surface area contributed by atoms with Crippen LogP contribution in [0.4, 0.5) is 0 Å². The minimum Gasteiger partial charge on any atom is -0.545 e. The molecular weight excluding hydrogens is 421 g/mol. The van der Waals surface area contributed by atoms with Crippen molar-refractivity contribution in [3.05, 3.63) is 47.0 Å². The van der Waals surface area contributed by atoms with E-state index in [1.165, 1.54) is 0 Å². The van der Waals surface area contributed by atoms with Gasteiger partial charge >= 0.3 is 0 Å². The van der Waals surface area contributed by atoms with Gasteiger partial charge in [0.2, 0.25) is 5.91 Å². The Morgan fingerprint density at radius 3 is 2.34 bits per heavy atom. The Balaban J connectivity index is 0.000000442. The van der Waals surface area contributed by atoms with Crippen LogP contribution in [0.25, 0.3) is 0 Å². The highest BCUT2D eigenvalue weighted by Gasteiger charge is 2.18. The van der Waals surface area contributed by atoms with Gasteiger partial charge in [0.25, 0.3) is 0 Å². The number of hydrogen-bond acceptors (Lipinski definition) is 4. The highest BCUT2D eigenvalue weighted by Crippen LogP contribution is 2.33. The van der Waals surface area contributed by atoms with Crippen LogP contribution in [0, 0.1) is 0 Å². The normalized spacial score (nSPS) is 13.4. The zero-order chi connectivity index (χ0) is 22.2. The molecule has 1 heterocycles. The monoisotopic (exact) mass is 455 g/mol. The van der Waals surface area contributed by atoms with E-state index in [0.29, 0.717) is 11.8 Å². The maximum atomic E-state index is 11.1. The maximum Gasteiger partial charge on any atom is 0.222 e. The molecule has 29 heavy (non-hydrogen) atoms. The number of carbonyl (C=O) groups is 2. The van der Waals surface area contributed by atoms with Crippen LogP contribution < -0.4 is 5.11 Å². The number of hydrogen-bond donors (Lipinski definition) is 0. The summed E-state index contributed by atoms with van der Waals surface area (Å²) in [6.45, 7) is 9.62. The third-order valence-electron chi connectivity index (χ3n) is 4.11. The highest BCUT2D eigenvalue weighted by molar-refractivity contribution is 8.07. The number of unbranched alkanes of at least 4 members (excludes halogenated alkanes) is 1. The molecule has 3 atom stereocenters. The van der Waals surface area contributed by atoms with Crippen molar-refractivity contribution in [3.8, 4) is 0 Å². The number of carbonyl (C=O) groups excluding carboxylic acids is 2. The van der Waals surface area contributed by atoms with Crippen LogP contribution in [0.2, 0.25) is 0 Å². The van der Waals surface area contributed by atoms with Gasteiger partial charge in [-0.05, 0) is 47.6 Å². The molecule has 162 valence electrons. The summed E-state index contributed by atoms with van der Waals surface area (Å²) in [5.74, 6) is -0.366. The van der Waals surface area contributed by atoms with E-state index in [2.05, 4.69) is 43.6 Å². The molecule has 0 aromatic heterocycles. The van der Waals surface area contributed by atoms with Crippen molar-refractivity contribution in [1.29, 1.82) is 0 Å². The smallest absolute Gasteiger partial charge is 0.222 e. The molecule has 0 spiro atoms. The second-order valence-electron chi connectivity index (χ2n) is 6.80. The van der Waals surface area contributed by atoms with Crippen molar-refractivity contribution in [3.63, 3.8) is 0 Å². The number of aromatic carboxylic acids is 1. The van der Waals surface area contributed by atoms with E-state index in [1.54, 1.807) is 19.2 Å². The molecule has 1 aliphatic rings. The van der Waals surface area contributed by atoms with Gasteiger partial charge in [-0.3, -0.25) is 4.79 Å². The first-order valence-electron chi connectivity index (χ1n) is 9.63. The van der Waals surface area contributed by atoms with Gasteiger partial charge in [-0.25, -0.2) is 0 Å². The molecule has 1 amide bonds. The Kier molecular flexibility index (Phi) is 16.0. The molecule has 1 aromatic rings. The van der Waals surface area contributed by atoms with Gasteiger partial charge in [0.15, 0.2) is 0 Å². The molecule has 0 saturated carbocycles. The Bertz CT molecular complexity index is 662. The quantitative estimate of drug-likeness (QED) is 0.354. The predicted molar refractivity (Wildman–Crippen MR) is 131 cm³/mol. The molecule has 1 aromatic carbocycles. The summed E-state index contributed by atoms with van der Waals surface area (Å²) in [7, 11) is 7.71. The number of benzene rings is 1. The fourth-order valence-electron chi connectivity index (χ4n) is 2.45. The van der Waals surface area contributed by atoms with Crippen molar-refractivity contribution in [2.24, 2.45) is 4.99 Å². The SMILES string of the molecule is C=C(P)PP.CC(C)c1ccc(C(=O)[O-])cc1.CN=CCCCN1CCCC1=O. The summed E-state index contributed by atoms with van der Waals surface area (Å²) >= 11 is 0. The van der Waals surface area contributed by atoms with Gasteiger partial charge in [-0.1, -0.05) is 53.0 Å². The fraction of sp³-hybridized carbons (Fsp3) is 0.476. The van der Waals surface area contributed by atoms with Crippen LogP contribution in [-0.4, -0.2) is 43.1 Å². The molecule has 1 aliphatic heterocycles. The lowest BCUT2D eigenvalue weighted by Crippen LogP contribution is -2.25. The van der Waals surface area contributed by atoms with Crippen molar-refractivity contribution in [1.82, 2.24) is 4.90 Å². The Hall–Kier alpha value is -1.14. The summed E-state index contributed by atoms with van der Waals surface area (Å²) in [6.07, 6.45) is 5.73. The van der Waals surface area contributed by atoms with Crippen LogP contribution in [0.5, 0.6) is 0 Å². The molecule has 0 aliphatic carbocycles. The molecule has 5 nitrogen and oxygen atoms in total. The van der Waals surface area contributed by atoms with E-state index in [0.717, 1.165) is 57.7 Å². The molecule has 1 fully saturated rings. The highest BCUT2D eigenvalue weighted by atomic mass is 32.0. The Morgan fingerprint density at radius 1 is 1.38 bits per heavy atom. The largest absolute Gasteiger partial charge is 0.545 e. The summed E-state index contributed by atoms with van der Waals surface area (Å²) in [5.41, 5.74) is 1.37. The van der Waals surface area contributed by atoms with Gasteiger partial charge < -0.3 is 19.8 Å². The van der Waals surface area contributed by atoms with Crippen LogP contribution in [0.1, 0.15) is 61.4 Å². The standard InChI is InChI=1S/C10H12O2.C9H16N2O.C2H7P3/c1-7(2)8-3-5-9(6-4-8)10(11)12;1-10-6-2-3-7-11-8-4-5-9(11)12;1-2(3)5-4/h3-7H,1-2H3,(H,11,12);6H,2-5,7-8H2,1H3;5H,1,3-4H2/p-1. The van der Waals surface area contributed by atoms with Crippen molar-refractivity contribution in [2.45, 2.75) is 45.4 Å². The van der Waals surface area contributed by atoms with Gasteiger partial charge in [-0.15, -0.1) is 18.2 Å². The fourth-order valence-corrected chi connectivity index (χ4v) is 2.45. The van der Waals surface area contributed by atoms with E-state index in [1.807, 2.05) is 23.2 Å². The molecule has 3 unspecified atom stereocenters. The first kappa shape index (κ1) is 27.9. The van der Waals surface area contributed by atoms with E-state index < -0.39 is 5.97 Å². The summed E-state index contributed by atoms with van der Waals surface area (Å²) in [5, 5.41) is 11.5. The number of nitrogens with zero attached hydrogens (tertiary/aromatic N) is 2. The summed E-state index contributed by atoms with van der Waals surface area (Å²) < 4.78 is 0. The van der Waals surface area contributed by atoms with Gasteiger partial charge in [-0.2, -0.15) is 0 Å². The van der Waals surface area contributed by atoms with Crippen molar-refractivity contribution >= 4 is 44.5 Å². The van der Waals surface area contributed by atoms with Crippen LogP contribution in [0.3, 0.4) is 0 Å². The van der Waals surface area contributed by atoms with Gasteiger partial charge in [0, 0.05) is 26.6 Å². The van der Waals surface area contributed by atoms with E-state index in [-0.39, 0.29) is 5.56 Å². The van der Waals surface area contributed by atoms with Crippen LogP contribution >= 0.6 is 26.4 Å². The zero-order valence-corrected chi connectivity index (χ0v) is 21.0. The molecule has 2 rings (SSSR count). The number of aliphatic imine (C=N–C) groups is 1. The van der Waals surface area contributed by atoms with Crippen LogP contribution in [0.15, 0.2) is 40.9 Å². The molecule has 1 saturated heterocycles. The van der Waals surface area contributed by atoms with E-state index >= 15 is 0 Å². The minimum atomic E-state index is -1.12. The molecule has 0 bridgehead atoms. The maximum absolute atomic E-state index is 11.1. The Labute approximate surface area is 181 Å². The second-order valence-corrected chi connectivity index (χ2v) is 9.87. The number of carboxylic acids is 1.